The van der Waals surface area contributed by atoms with Crippen LogP contribution in [0.1, 0.15) is 182 Å². The summed E-state index contributed by atoms with van der Waals surface area (Å²) in [5.74, 6) is -1.31. The molecular formula is C83H160O30. The molecule has 0 spiro atoms. The highest BCUT2D eigenvalue weighted by Gasteiger charge is 2.54. The molecule has 0 aromatic heterocycles. The third kappa shape index (κ3) is 37.0. The minimum absolute atomic E-state index is 0.000000000000000222. The number of carbonyl (C=O) groups is 4. The van der Waals surface area contributed by atoms with Crippen LogP contribution in [0.3, 0.4) is 0 Å². The van der Waals surface area contributed by atoms with Crippen molar-refractivity contribution in [1.29, 1.82) is 0 Å². The number of aliphatic hydroxyl groups excluding tert-OH is 10. The smallest absolute Gasteiger partial charge is 0.314 e. The number of ether oxygens (including phenoxy) is 16. The fraction of sp³-hybridized carbons (Fsp3) is 0.952. The van der Waals surface area contributed by atoms with Crippen molar-refractivity contribution in [3.05, 3.63) is 0 Å². The standard InChI is InChI=1S/C22H42O10.C14H24O6.C13H24O5.C10H18O5.C9H20O3.C9H18.C6H14O/c1-12(2)19-13(6-23)14(7-24)21(18(30-19)11-28-4)32-22-16(9-26)15(8-25)20(29-5)17(31-22)10-27-3;1-6-10-13(18-8(4)15)14(19-9(5)16)11(17)12(20-10)7(2)3;1-7(2)12-9(4-14)10(5-15)13-11(18-12)6-16-8(3)17-13;1-6(2)8(12)9(14-3)7(5-11)10(13)15-4;1-7(2)5-8(11-3)9(6-10)12-4;1-8(2)9-6-4-3-5-7-9;1-6(2)4-3-5-7/h12-26H,6-11H2,1-5H3;7,10-14,17H,6H2,1-5H3;7-15H,4-6H2,1-3H3;6-7,9,11H,5H2,1-4H3;7-10H,5-6H2,1-4H3;8-9H,3-7H2,1-2H3;6-7H,3-5H2,1-2H3. The number of ketones is 1. The van der Waals surface area contributed by atoms with E-state index in [1.807, 2.05) is 41.5 Å². The van der Waals surface area contributed by atoms with Crippen LogP contribution in [0.4, 0.5) is 0 Å². The van der Waals surface area contributed by atoms with Gasteiger partial charge in [-0.05, 0) is 74.0 Å². The minimum Gasteiger partial charge on any atom is -0.469 e. The second kappa shape index (κ2) is 60.6. The van der Waals surface area contributed by atoms with Gasteiger partial charge in [-0.2, -0.15) is 0 Å². The molecule has 30 nitrogen and oxygen atoms in total. The van der Waals surface area contributed by atoms with Crippen LogP contribution in [0.2, 0.25) is 0 Å². The minimum atomic E-state index is -1.02. The largest absolute Gasteiger partial charge is 0.469 e. The number of Topliss-reactive ketones (excluding diaryl/α,β-unsaturated/α-hetero) is 1. The Bertz CT molecular complexity index is 2390. The molecule has 1 saturated carbocycles. The molecule has 113 heavy (non-hydrogen) atoms. The normalized spacial score (nSPS) is 30.9. The van der Waals surface area contributed by atoms with Crippen LogP contribution in [0.25, 0.3) is 0 Å². The average molecular weight is 1640 g/mol. The maximum absolute atomic E-state index is 11.7. The fourth-order valence-corrected chi connectivity index (χ4v) is 15.5. The van der Waals surface area contributed by atoms with Crippen LogP contribution >= 0.6 is 0 Å². The second-order valence-electron chi connectivity index (χ2n) is 32.8. The Labute approximate surface area is 677 Å². The first-order valence-corrected chi connectivity index (χ1v) is 41.2. The number of hydrogen-bond acceptors (Lipinski definition) is 30. The zero-order valence-corrected chi connectivity index (χ0v) is 73.5. The van der Waals surface area contributed by atoms with E-state index in [0.29, 0.717) is 25.6 Å². The highest BCUT2D eigenvalue weighted by Crippen LogP contribution is 2.42. The molecule has 1 aliphatic carbocycles. The van der Waals surface area contributed by atoms with E-state index in [9.17, 15) is 54.9 Å². The van der Waals surface area contributed by atoms with Crippen LogP contribution in [-0.2, 0) is 95.0 Å². The van der Waals surface area contributed by atoms with Crippen LogP contribution in [0, 0.1) is 88.8 Å². The van der Waals surface area contributed by atoms with Gasteiger partial charge in [-0.3, -0.25) is 19.2 Å². The van der Waals surface area contributed by atoms with Crippen LogP contribution in [0.15, 0.2) is 0 Å². The van der Waals surface area contributed by atoms with Gasteiger partial charge in [-0.1, -0.05) is 136 Å². The Kier molecular flexibility index (Phi) is 59.1. The lowest BCUT2D eigenvalue weighted by atomic mass is 9.76. The summed E-state index contributed by atoms with van der Waals surface area (Å²) in [4.78, 5) is 45.4. The first-order chi connectivity index (χ1) is 53.5. The van der Waals surface area contributed by atoms with E-state index in [1.54, 1.807) is 42.3 Å². The van der Waals surface area contributed by atoms with E-state index in [0.717, 1.165) is 37.0 Å². The highest BCUT2D eigenvalue weighted by molar-refractivity contribution is 5.90. The molecule has 25 unspecified atom stereocenters. The van der Waals surface area contributed by atoms with Crippen molar-refractivity contribution in [2.45, 2.75) is 293 Å². The number of carbonyl (C=O) groups excluding carboxylic acids is 4. The predicted molar refractivity (Wildman–Crippen MR) is 424 cm³/mol. The molecule has 6 rings (SSSR count). The second-order valence-corrected chi connectivity index (χ2v) is 32.8. The Morgan fingerprint density at radius 3 is 1.36 bits per heavy atom. The molecule has 6 fully saturated rings. The SMILES string of the molecule is CC(C)C1CCCCC1.CC(C)CCCO.CC1OCC2OC(C(C)C)C(CO)C(CO)C2O1.CCC1OC(C(C)C)C(O)C(OC(C)=O)C1OC(C)=O.COC(=O)C(CO)C(OC)C(=O)C(C)C.COC(CO)C(CC(C)C)OC.COCC1OC(OC2C(COC)OC(C(C)C)C(CO)C2CO)C(CO)C(CO)C1OC. The molecule has 5 aliphatic heterocycles. The highest BCUT2D eigenvalue weighted by atomic mass is 16.7. The van der Waals surface area contributed by atoms with Crippen molar-refractivity contribution in [3.63, 3.8) is 0 Å². The van der Waals surface area contributed by atoms with Gasteiger partial charge >= 0.3 is 17.9 Å². The van der Waals surface area contributed by atoms with Gasteiger partial charge in [-0.25, -0.2) is 0 Å². The van der Waals surface area contributed by atoms with Crippen LogP contribution in [-0.4, -0.2) is 314 Å². The monoisotopic (exact) mass is 1640 g/mol. The number of methoxy groups -OCH3 is 7. The quantitative estimate of drug-likeness (QED) is 0.0242. The number of hydrogen-bond donors (Lipinski definition) is 10. The van der Waals surface area contributed by atoms with Gasteiger partial charge < -0.3 is 127 Å². The lowest BCUT2D eigenvalue weighted by Crippen LogP contribution is -2.61. The zero-order chi connectivity index (χ0) is 86.5. The summed E-state index contributed by atoms with van der Waals surface area (Å²) in [6.07, 6.45) is 2.32. The van der Waals surface area contributed by atoms with E-state index < -0.39 is 116 Å². The van der Waals surface area contributed by atoms with E-state index in [4.69, 9.17) is 86.4 Å². The number of esters is 3. The summed E-state index contributed by atoms with van der Waals surface area (Å²) < 4.78 is 88.1. The summed E-state index contributed by atoms with van der Waals surface area (Å²) in [7, 11) is 10.4. The molecule has 672 valence electrons. The van der Waals surface area contributed by atoms with Crippen LogP contribution in [0.5, 0.6) is 0 Å². The molecule has 0 bridgehead atoms. The Balaban J connectivity index is 0.00000136. The molecule has 0 amide bonds. The van der Waals surface area contributed by atoms with Gasteiger partial charge in [0.15, 0.2) is 30.6 Å². The van der Waals surface area contributed by atoms with Gasteiger partial charge in [0.25, 0.3) is 0 Å². The summed E-state index contributed by atoms with van der Waals surface area (Å²) in [6.45, 7) is 34.9. The lowest BCUT2D eigenvalue weighted by molar-refractivity contribution is -0.330. The first-order valence-electron chi connectivity index (χ1n) is 41.2. The number of rotatable bonds is 35. The van der Waals surface area contributed by atoms with Gasteiger partial charge in [0.05, 0.1) is 95.6 Å². The first kappa shape index (κ1) is 110. The van der Waals surface area contributed by atoms with Crippen molar-refractivity contribution in [2.24, 2.45) is 88.8 Å². The molecule has 5 saturated heterocycles. The van der Waals surface area contributed by atoms with Crippen molar-refractivity contribution in [3.8, 4) is 0 Å². The van der Waals surface area contributed by atoms with Gasteiger partial charge in [0.1, 0.15) is 42.5 Å². The average Bonchev–Trinajstić information content (AvgIpc) is 0.759. The van der Waals surface area contributed by atoms with Crippen molar-refractivity contribution in [2.75, 3.05) is 129 Å². The number of aliphatic hydroxyl groups is 10. The van der Waals surface area contributed by atoms with Gasteiger partial charge in [0.2, 0.25) is 0 Å². The molecule has 0 aromatic carbocycles. The summed E-state index contributed by atoms with van der Waals surface area (Å²) in [5.41, 5.74) is 0. The van der Waals surface area contributed by atoms with Crippen molar-refractivity contribution >= 4 is 23.7 Å². The van der Waals surface area contributed by atoms with E-state index >= 15 is 0 Å². The molecule has 6 aliphatic rings. The summed E-state index contributed by atoms with van der Waals surface area (Å²) >= 11 is 0. The maximum atomic E-state index is 11.7. The Hall–Kier alpha value is -2.84. The third-order valence-corrected chi connectivity index (χ3v) is 21.8. The summed E-state index contributed by atoms with van der Waals surface area (Å²) in [6, 6.07) is 0. The molecular weight excluding hydrogens is 1480 g/mol. The van der Waals surface area contributed by atoms with Crippen molar-refractivity contribution < 1.29 is 146 Å². The Morgan fingerprint density at radius 1 is 0.496 bits per heavy atom. The van der Waals surface area contributed by atoms with Gasteiger partial charge in [0, 0.05) is 138 Å². The number of fused-ring (bicyclic) bond motifs is 1. The predicted octanol–water partition coefficient (Wildman–Crippen LogP) is 6.39. The zero-order valence-electron chi connectivity index (χ0n) is 73.5. The third-order valence-electron chi connectivity index (χ3n) is 21.8. The molecule has 5 heterocycles. The van der Waals surface area contributed by atoms with E-state index in [2.05, 4.69) is 60.1 Å². The molecule has 0 aromatic rings. The fourth-order valence-electron chi connectivity index (χ4n) is 15.5. The Morgan fingerprint density at radius 2 is 0.982 bits per heavy atom. The summed E-state index contributed by atoms with van der Waals surface area (Å²) in [5, 5.41) is 96.4. The van der Waals surface area contributed by atoms with E-state index in [1.165, 1.54) is 67.3 Å². The topological polar surface area (TPSA) is 418 Å². The van der Waals surface area contributed by atoms with E-state index in [-0.39, 0.29) is 150 Å². The van der Waals surface area contributed by atoms with Gasteiger partial charge in [-0.15, -0.1) is 0 Å². The maximum Gasteiger partial charge on any atom is 0.314 e. The van der Waals surface area contributed by atoms with Crippen molar-refractivity contribution in [1.82, 2.24) is 0 Å². The lowest BCUT2D eigenvalue weighted by Gasteiger charge is -2.51. The molecule has 0 radical (unpaired) electrons. The molecule has 30 heteroatoms. The molecule has 25 atom stereocenters. The molecule has 10 N–H and O–H groups in total. The van der Waals surface area contributed by atoms with Crippen LogP contribution < -0.4 is 0 Å².